The van der Waals surface area contributed by atoms with Crippen molar-refractivity contribution in [3.8, 4) is 5.75 Å². The number of azo groups is 1. The summed E-state index contributed by atoms with van der Waals surface area (Å²) in [6, 6.07) is 9.21. The Bertz CT molecular complexity index is 1380. The third kappa shape index (κ3) is 3.91. The first-order valence-electron chi connectivity index (χ1n) is 7.91. The molecule has 3 aromatic rings. The predicted molar refractivity (Wildman–Crippen MR) is 105 cm³/mol. The Morgan fingerprint density at radius 2 is 1.55 bits per heavy atom. The van der Waals surface area contributed by atoms with E-state index in [0.29, 0.717) is 0 Å². The predicted octanol–water partition coefficient (Wildman–Crippen LogP) is 3.34. The average molecular weight is 437 g/mol. The number of phenolic OH excluding ortho intramolecular Hbond substituents is 1. The summed E-state index contributed by atoms with van der Waals surface area (Å²) in [4.78, 5) is -1.02. The van der Waals surface area contributed by atoms with E-state index < -0.39 is 35.8 Å². The lowest BCUT2D eigenvalue weighted by Crippen LogP contribution is -2.04. The number of hydrogen-bond donors (Lipinski definition) is 4. The van der Waals surface area contributed by atoms with Crippen molar-refractivity contribution in [2.75, 3.05) is 5.73 Å². The van der Waals surface area contributed by atoms with Gasteiger partial charge in [0, 0.05) is 10.8 Å². The van der Waals surface area contributed by atoms with Crippen molar-refractivity contribution >= 4 is 48.1 Å². The first-order chi connectivity index (χ1) is 13.4. The molecule has 0 aliphatic heterocycles. The van der Waals surface area contributed by atoms with Crippen LogP contribution in [0.2, 0.25) is 0 Å². The molecule has 3 aromatic carbocycles. The zero-order valence-electron chi connectivity index (χ0n) is 14.8. The van der Waals surface area contributed by atoms with E-state index in [1.54, 1.807) is 0 Å². The van der Waals surface area contributed by atoms with Gasteiger partial charge in [0.05, 0.1) is 5.69 Å². The van der Waals surface area contributed by atoms with E-state index in [4.69, 9.17) is 5.73 Å². The molecule has 0 saturated carbocycles. The highest BCUT2D eigenvalue weighted by atomic mass is 32.2. The van der Waals surface area contributed by atoms with Crippen LogP contribution < -0.4 is 5.73 Å². The molecule has 0 radical (unpaired) electrons. The highest BCUT2D eigenvalue weighted by Crippen LogP contribution is 2.42. The Labute approximate surface area is 165 Å². The summed E-state index contributed by atoms with van der Waals surface area (Å²) in [5.41, 5.74) is 5.51. The van der Waals surface area contributed by atoms with Crippen LogP contribution in [0, 0.1) is 6.92 Å². The van der Waals surface area contributed by atoms with Crippen LogP contribution in [0.5, 0.6) is 5.75 Å². The van der Waals surface area contributed by atoms with Crippen LogP contribution >= 0.6 is 0 Å². The van der Waals surface area contributed by atoms with E-state index in [0.717, 1.165) is 6.07 Å². The van der Waals surface area contributed by atoms with Gasteiger partial charge in [-0.15, -0.1) is 10.2 Å². The second kappa shape index (κ2) is 7.08. The lowest BCUT2D eigenvalue weighted by molar-refractivity contribution is 0.481. The van der Waals surface area contributed by atoms with Crippen LogP contribution in [-0.2, 0) is 20.2 Å². The van der Waals surface area contributed by atoms with E-state index in [2.05, 4.69) is 10.2 Å². The molecule has 0 spiro atoms. The summed E-state index contributed by atoms with van der Waals surface area (Å²) in [6.45, 7) is 1.50. The highest BCUT2D eigenvalue weighted by Gasteiger charge is 2.22. The molecule has 3 rings (SSSR count). The van der Waals surface area contributed by atoms with Crippen LogP contribution in [0.15, 0.2) is 62.5 Å². The van der Waals surface area contributed by atoms with E-state index in [1.165, 1.54) is 43.3 Å². The normalized spacial score (nSPS) is 12.7. The zero-order valence-corrected chi connectivity index (χ0v) is 16.4. The largest absolute Gasteiger partial charge is 0.505 e. The Hall–Kier alpha value is -3.06. The van der Waals surface area contributed by atoms with Gasteiger partial charge in [0.1, 0.15) is 21.2 Å². The fraction of sp³-hybridized carbons (Fsp3) is 0.0588. The van der Waals surface area contributed by atoms with Crippen LogP contribution in [-0.4, -0.2) is 31.0 Å². The maximum absolute atomic E-state index is 11.7. The summed E-state index contributed by atoms with van der Waals surface area (Å²) in [7, 11) is -9.21. The zero-order chi connectivity index (χ0) is 21.6. The number of benzene rings is 3. The molecule has 0 bridgehead atoms. The molecule has 29 heavy (non-hydrogen) atoms. The molecule has 0 saturated heterocycles. The number of aromatic hydroxyl groups is 1. The molecule has 0 heterocycles. The number of fused-ring (bicyclic) bond motifs is 1. The summed E-state index contributed by atoms with van der Waals surface area (Å²) >= 11 is 0. The standard InChI is InChI=1S/C17H15N3O7S2/c1-9-8-11-10(6-7-12(18)17(11)29(25,26)27)16(21)15(9)20-19-13-4-2-3-5-14(13)28(22,23)24/h2-8,21H,18H2,1H3,(H,22,23,24)(H,25,26,27). The van der Waals surface area contributed by atoms with Gasteiger partial charge in [0.2, 0.25) is 0 Å². The number of rotatable bonds is 4. The molecular formula is C17H15N3O7S2. The summed E-state index contributed by atoms with van der Waals surface area (Å²) in [5.74, 6) is -0.446. The van der Waals surface area contributed by atoms with Crippen molar-refractivity contribution in [1.82, 2.24) is 0 Å². The number of anilines is 1. The number of hydrogen-bond acceptors (Lipinski definition) is 8. The Balaban J connectivity index is 2.24. The minimum Gasteiger partial charge on any atom is -0.505 e. The Morgan fingerprint density at radius 1 is 0.897 bits per heavy atom. The van der Waals surface area contributed by atoms with Gasteiger partial charge in [0.25, 0.3) is 20.2 Å². The van der Waals surface area contributed by atoms with Crippen LogP contribution in [0.3, 0.4) is 0 Å². The molecule has 0 fully saturated rings. The topological polar surface area (TPSA) is 180 Å². The molecule has 5 N–H and O–H groups in total. The molecule has 0 aliphatic rings. The van der Waals surface area contributed by atoms with Gasteiger partial charge >= 0.3 is 0 Å². The van der Waals surface area contributed by atoms with E-state index in [1.807, 2.05) is 0 Å². The van der Waals surface area contributed by atoms with Crippen LogP contribution in [0.25, 0.3) is 10.8 Å². The van der Waals surface area contributed by atoms with E-state index in [9.17, 15) is 31.0 Å². The van der Waals surface area contributed by atoms with Crippen molar-refractivity contribution in [3.63, 3.8) is 0 Å². The average Bonchev–Trinajstić information content (AvgIpc) is 2.59. The molecule has 10 nitrogen and oxygen atoms in total. The highest BCUT2D eigenvalue weighted by molar-refractivity contribution is 7.86. The number of nitrogens with zero attached hydrogens (tertiary/aromatic N) is 2. The van der Waals surface area contributed by atoms with Crippen molar-refractivity contribution in [2.24, 2.45) is 10.2 Å². The maximum atomic E-state index is 11.7. The minimum atomic E-state index is -4.67. The van der Waals surface area contributed by atoms with E-state index in [-0.39, 0.29) is 33.4 Å². The van der Waals surface area contributed by atoms with Crippen LogP contribution in [0.1, 0.15) is 5.56 Å². The first kappa shape index (κ1) is 20.7. The first-order valence-corrected chi connectivity index (χ1v) is 10.8. The van der Waals surface area contributed by atoms with Gasteiger partial charge in [-0.3, -0.25) is 9.11 Å². The molecule has 0 aromatic heterocycles. The maximum Gasteiger partial charge on any atom is 0.297 e. The Morgan fingerprint density at radius 3 is 2.17 bits per heavy atom. The quantitative estimate of drug-likeness (QED) is 0.272. The fourth-order valence-corrected chi connectivity index (χ4v) is 4.28. The molecular weight excluding hydrogens is 422 g/mol. The van der Waals surface area contributed by atoms with Gasteiger partial charge in [-0.25, -0.2) is 0 Å². The third-order valence-electron chi connectivity index (χ3n) is 4.10. The van der Waals surface area contributed by atoms with Crippen molar-refractivity contribution in [1.29, 1.82) is 0 Å². The molecule has 152 valence electrons. The second-order valence-corrected chi connectivity index (χ2v) is 8.84. The van der Waals surface area contributed by atoms with Gasteiger partial charge < -0.3 is 10.8 Å². The lowest BCUT2D eigenvalue weighted by Gasteiger charge is -2.12. The summed E-state index contributed by atoms with van der Waals surface area (Å²) in [5, 5.41) is 18.3. The van der Waals surface area contributed by atoms with Gasteiger partial charge in [0.15, 0.2) is 5.75 Å². The van der Waals surface area contributed by atoms with Crippen LogP contribution in [0.4, 0.5) is 17.1 Å². The van der Waals surface area contributed by atoms with Gasteiger partial charge in [-0.2, -0.15) is 16.8 Å². The SMILES string of the molecule is Cc1cc2c(S(=O)(=O)O)c(N)ccc2c(O)c1N=Nc1ccccc1S(=O)(=O)O. The van der Waals surface area contributed by atoms with Crippen molar-refractivity contribution < 1.29 is 31.0 Å². The molecule has 0 amide bonds. The van der Waals surface area contributed by atoms with Gasteiger partial charge in [-0.05, 0) is 42.8 Å². The van der Waals surface area contributed by atoms with Crippen molar-refractivity contribution in [3.05, 3.63) is 48.0 Å². The molecule has 12 heteroatoms. The number of nitrogens with two attached hydrogens (primary N) is 1. The summed E-state index contributed by atoms with van der Waals surface area (Å²) in [6.07, 6.45) is 0. The smallest absolute Gasteiger partial charge is 0.297 e. The minimum absolute atomic E-state index is 0.0141. The van der Waals surface area contributed by atoms with Crippen molar-refractivity contribution in [2.45, 2.75) is 16.7 Å². The van der Waals surface area contributed by atoms with E-state index >= 15 is 0 Å². The number of phenols is 1. The molecule has 0 aliphatic carbocycles. The monoisotopic (exact) mass is 437 g/mol. The van der Waals surface area contributed by atoms with Gasteiger partial charge in [-0.1, -0.05) is 12.1 Å². The lowest BCUT2D eigenvalue weighted by atomic mass is 10.0. The number of nitrogen functional groups attached to an aromatic ring is 1. The number of aryl methyl sites for hydroxylation is 1. The third-order valence-corrected chi connectivity index (χ3v) is 5.97. The fourth-order valence-electron chi connectivity index (χ4n) is 2.84. The molecule has 0 unspecified atom stereocenters. The Kier molecular flexibility index (Phi) is 5.04. The molecule has 0 atom stereocenters. The summed E-state index contributed by atoms with van der Waals surface area (Å²) < 4.78 is 65.0. The second-order valence-electron chi connectivity index (χ2n) is 6.09.